The smallest absolute Gasteiger partial charge is 0.262 e. The maximum Gasteiger partial charge on any atom is 0.262 e. The number of carbonyl (C=O) groups excluding carboxylic acids is 1. The van der Waals surface area contributed by atoms with E-state index in [-0.39, 0.29) is 12.5 Å². The molecule has 0 radical (unpaired) electrons. The van der Waals surface area contributed by atoms with Gasteiger partial charge in [0.2, 0.25) is 0 Å². The molecule has 0 bridgehead atoms. The second-order valence-electron chi connectivity index (χ2n) is 4.60. The molecule has 2 aromatic carbocycles. The van der Waals surface area contributed by atoms with Gasteiger partial charge in [-0.2, -0.15) is 0 Å². The van der Waals surface area contributed by atoms with Crippen molar-refractivity contribution in [1.29, 1.82) is 0 Å². The molecule has 108 valence electrons. The van der Waals surface area contributed by atoms with Crippen molar-refractivity contribution in [2.24, 2.45) is 0 Å². The lowest BCUT2D eigenvalue weighted by Gasteiger charge is -2.19. The molecule has 0 atom stereocenters. The number of hydrogen-bond acceptors (Lipinski definition) is 3. The van der Waals surface area contributed by atoms with E-state index in [0.29, 0.717) is 28.0 Å². The number of fused-ring (bicyclic) bond motifs is 1. The van der Waals surface area contributed by atoms with Crippen LogP contribution in [0.1, 0.15) is 5.56 Å². The third-order valence-corrected chi connectivity index (χ3v) is 3.85. The number of hydrogen-bond donors (Lipinski definition) is 2. The van der Waals surface area contributed by atoms with Crippen LogP contribution in [0.3, 0.4) is 0 Å². The first-order valence-electron chi connectivity index (χ1n) is 6.37. The molecule has 1 heterocycles. The topological polar surface area (TPSA) is 50.4 Å². The summed E-state index contributed by atoms with van der Waals surface area (Å²) < 4.78 is 5.31. The fourth-order valence-electron chi connectivity index (χ4n) is 2.08. The molecular formula is C15H12Cl2N2O2. The number of rotatable bonds is 3. The Hall–Kier alpha value is -1.91. The lowest BCUT2D eigenvalue weighted by atomic mass is 10.2. The Kier molecular flexibility index (Phi) is 3.90. The molecule has 0 aliphatic carbocycles. The second kappa shape index (κ2) is 5.84. The number of halogens is 2. The van der Waals surface area contributed by atoms with Crippen molar-refractivity contribution < 1.29 is 9.53 Å². The highest BCUT2D eigenvalue weighted by molar-refractivity contribution is 6.36. The summed E-state index contributed by atoms with van der Waals surface area (Å²) in [6.45, 7) is 0.543. The van der Waals surface area contributed by atoms with Gasteiger partial charge < -0.3 is 15.4 Å². The minimum Gasteiger partial charge on any atom is -0.482 e. The van der Waals surface area contributed by atoms with Crippen LogP contribution in [0.25, 0.3) is 0 Å². The average Bonchev–Trinajstić information content (AvgIpc) is 2.46. The first kappa shape index (κ1) is 14.0. The van der Waals surface area contributed by atoms with Gasteiger partial charge in [-0.25, -0.2) is 0 Å². The van der Waals surface area contributed by atoms with Gasteiger partial charge in [0.15, 0.2) is 6.61 Å². The molecule has 0 aromatic heterocycles. The predicted molar refractivity (Wildman–Crippen MR) is 84.4 cm³/mol. The molecule has 1 aliphatic heterocycles. The van der Waals surface area contributed by atoms with Gasteiger partial charge in [-0.05, 0) is 30.3 Å². The van der Waals surface area contributed by atoms with Crippen molar-refractivity contribution in [3.05, 3.63) is 52.0 Å². The number of anilines is 2. The monoisotopic (exact) mass is 322 g/mol. The number of amides is 1. The largest absolute Gasteiger partial charge is 0.482 e. The Morgan fingerprint density at radius 1 is 1.19 bits per heavy atom. The van der Waals surface area contributed by atoms with Gasteiger partial charge in [0.05, 0.1) is 5.69 Å². The minimum absolute atomic E-state index is 0.0506. The highest BCUT2D eigenvalue weighted by Crippen LogP contribution is 2.31. The van der Waals surface area contributed by atoms with Crippen molar-refractivity contribution in [2.75, 3.05) is 17.2 Å². The molecule has 6 heteroatoms. The molecule has 0 saturated carbocycles. The summed E-state index contributed by atoms with van der Waals surface area (Å²) in [5, 5.41) is 7.23. The second-order valence-corrected chi connectivity index (χ2v) is 5.42. The van der Waals surface area contributed by atoms with E-state index in [1.54, 1.807) is 18.2 Å². The van der Waals surface area contributed by atoms with E-state index in [4.69, 9.17) is 27.9 Å². The van der Waals surface area contributed by atoms with Gasteiger partial charge >= 0.3 is 0 Å². The summed E-state index contributed by atoms with van der Waals surface area (Å²) in [6.07, 6.45) is 0. The van der Waals surface area contributed by atoms with E-state index in [0.717, 1.165) is 11.3 Å². The van der Waals surface area contributed by atoms with Crippen LogP contribution in [0, 0.1) is 0 Å². The van der Waals surface area contributed by atoms with Crippen LogP contribution in [-0.4, -0.2) is 12.5 Å². The van der Waals surface area contributed by atoms with Gasteiger partial charge in [-0.15, -0.1) is 0 Å². The summed E-state index contributed by atoms with van der Waals surface area (Å²) in [5.74, 6) is 0.504. The summed E-state index contributed by atoms with van der Waals surface area (Å²) in [4.78, 5) is 11.3. The van der Waals surface area contributed by atoms with Crippen molar-refractivity contribution in [3.8, 4) is 5.75 Å². The number of benzene rings is 2. The third-order valence-electron chi connectivity index (χ3n) is 3.14. The first-order chi connectivity index (χ1) is 10.1. The molecule has 1 amide bonds. The maximum absolute atomic E-state index is 11.3. The quantitative estimate of drug-likeness (QED) is 0.900. The van der Waals surface area contributed by atoms with Crippen LogP contribution in [-0.2, 0) is 11.3 Å². The zero-order valence-electron chi connectivity index (χ0n) is 11.0. The molecule has 21 heavy (non-hydrogen) atoms. The van der Waals surface area contributed by atoms with E-state index in [1.165, 1.54) is 0 Å². The van der Waals surface area contributed by atoms with Crippen molar-refractivity contribution >= 4 is 40.5 Å². The summed E-state index contributed by atoms with van der Waals surface area (Å²) in [6, 6.07) is 10.9. The standard InChI is InChI=1S/C15H12Cl2N2O2/c16-11-2-1-3-12(17)10(11)7-18-9-4-5-14-13(6-9)19-15(20)8-21-14/h1-6,18H,7-8H2,(H,19,20). The molecule has 0 saturated heterocycles. The maximum atomic E-state index is 11.3. The van der Waals surface area contributed by atoms with Crippen LogP contribution in [0.5, 0.6) is 5.75 Å². The highest BCUT2D eigenvalue weighted by Gasteiger charge is 2.16. The Morgan fingerprint density at radius 3 is 2.71 bits per heavy atom. The van der Waals surface area contributed by atoms with Crippen molar-refractivity contribution in [2.45, 2.75) is 6.54 Å². The minimum atomic E-state index is -0.159. The summed E-state index contributed by atoms with van der Waals surface area (Å²) in [5.41, 5.74) is 2.33. The lowest BCUT2D eigenvalue weighted by Crippen LogP contribution is -2.25. The molecule has 3 rings (SSSR count). The zero-order chi connectivity index (χ0) is 14.8. The lowest BCUT2D eigenvalue weighted by molar-refractivity contribution is -0.118. The van der Waals surface area contributed by atoms with Crippen LogP contribution >= 0.6 is 23.2 Å². The molecule has 0 fully saturated rings. The number of carbonyl (C=O) groups is 1. The van der Waals surface area contributed by atoms with Crippen LogP contribution in [0.2, 0.25) is 10.0 Å². The molecule has 4 nitrogen and oxygen atoms in total. The van der Waals surface area contributed by atoms with E-state index < -0.39 is 0 Å². The number of nitrogens with one attached hydrogen (secondary N) is 2. The summed E-state index contributed by atoms with van der Waals surface area (Å²) in [7, 11) is 0. The first-order valence-corrected chi connectivity index (χ1v) is 7.12. The fraction of sp³-hybridized carbons (Fsp3) is 0.133. The van der Waals surface area contributed by atoms with Gasteiger partial charge in [0.25, 0.3) is 5.91 Å². The third kappa shape index (κ3) is 3.06. The van der Waals surface area contributed by atoms with E-state index >= 15 is 0 Å². The van der Waals surface area contributed by atoms with E-state index in [2.05, 4.69) is 10.6 Å². The van der Waals surface area contributed by atoms with Crippen molar-refractivity contribution in [1.82, 2.24) is 0 Å². The Bertz CT molecular complexity index is 684. The average molecular weight is 323 g/mol. The van der Waals surface area contributed by atoms with Crippen LogP contribution in [0.4, 0.5) is 11.4 Å². The number of ether oxygens (including phenoxy) is 1. The Labute approximate surface area is 132 Å². The molecular weight excluding hydrogens is 311 g/mol. The van der Waals surface area contributed by atoms with Crippen LogP contribution < -0.4 is 15.4 Å². The molecule has 0 spiro atoms. The fourth-order valence-corrected chi connectivity index (χ4v) is 2.62. The van der Waals surface area contributed by atoms with Crippen molar-refractivity contribution in [3.63, 3.8) is 0 Å². The Balaban J connectivity index is 1.77. The van der Waals surface area contributed by atoms with Crippen LogP contribution in [0.15, 0.2) is 36.4 Å². The van der Waals surface area contributed by atoms with E-state index in [9.17, 15) is 4.79 Å². The van der Waals surface area contributed by atoms with Gasteiger partial charge in [0.1, 0.15) is 5.75 Å². The summed E-state index contributed by atoms with van der Waals surface area (Å²) >= 11 is 12.3. The molecule has 2 aromatic rings. The highest BCUT2D eigenvalue weighted by atomic mass is 35.5. The SMILES string of the molecule is O=C1COc2ccc(NCc3c(Cl)cccc3Cl)cc2N1. The van der Waals surface area contributed by atoms with Gasteiger partial charge in [-0.1, -0.05) is 29.3 Å². The molecule has 2 N–H and O–H groups in total. The normalized spacial score (nSPS) is 13.1. The predicted octanol–water partition coefficient (Wildman–Crippen LogP) is 3.94. The Morgan fingerprint density at radius 2 is 1.95 bits per heavy atom. The van der Waals surface area contributed by atoms with E-state index in [1.807, 2.05) is 18.2 Å². The van der Waals surface area contributed by atoms with Gasteiger partial charge in [0, 0.05) is 27.8 Å². The molecule has 0 unspecified atom stereocenters. The zero-order valence-corrected chi connectivity index (χ0v) is 12.5. The van der Waals surface area contributed by atoms with Gasteiger partial charge in [-0.3, -0.25) is 4.79 Å². The molecule has 1 aliphatic rings.